The summed E-state index contributed by atoms with van der Waals surface area (Å²) in [5, 5.41) is 1.22. The van der Waals surface area contributed by atoms with Gasteiger partial charge in [0.1, 0.15) is 17.5 Å². The van der Waals surface area contributed by atoms with Gasteiger partial charge in [-0.1, -0.05) is 18.2 Å². The van der Waals surface area contributed by atoms with Crippen LogP contribution in [0.1, 0.15) is 29.8 Å². The van der Waals surface area contributed by atoms with Gasteiger partial charge in [0, 0.05) is 35.6 Å². The van der Waals surface area contributed by atoms with Crippen molar-refractivity contribution in [1.82, 2.24) is 9.88 Å². The van der Waals surface area contributed by atoms with Crippen LogP contribution in [-0.4, -0.2) is 36.6 Å². The number of carbonyl (C=O) groups excluding carboxylic acids is 1. The number of para-hydroxylation sites is 1. The highest BCUT2D eigenvalue weighted by molar-refractivity contribution is 5.86. The number of ether oxygens (including phenoxy) is 2. The molecular weight excluding hydrogens is 328 g/mol. The minimum absolute atomic E-state index is 0.0455. The number of aromatic amines is 1. The molecule has 4 rings (SSSR count). The molecule has 26 heavy (non-hydrogen) atoms. The summed E-state index contributed by atoms with van der Waals surface area (Å²) in [6.45, 7) is 2.29. The van der Waals surface area contributed by atoms with Crippen molar-refractivity contribution >= 4 is 16.8 Å². The lowest BCUT2D eigenvalue weighted by molar-refractivity contribution is -0.130. The molecule has 0 spiro atoms. The SMILES string of the molecule is COc1ccc(OC)c([C@H]2c3[nH]c4ccccc4c3CCN2C(C)=O)c1. The van der Waals surface area contributed by atoms with Crippen molar-refractivity contribution < 1.29 is 14.3 Å². The van der Waals surface area contributed by atoms with Crippen LogP contribution >= 0.6 is 0 Å². The summed E-state index contributed by atoms with van der Waals surface area (Å²) in [5.41, 5.74) is 4.34. The van der Waals surface area contributed by atoms with Crippen LogP contribution in [0.5, 0.6) is 11.5 Å². The Bertz CT molecular complexity index is 977. The van der Waals surface area contributed by atoms with Crippen LogP contribution in [0.4, 0.5) is 0 Å². The van der Waals surface area contributed by atoms with Crippen LogP contribution in [0.25, 0.3) is 10.9 Å². The lowest BCUT2D eigenvalue weighted by Gasteiger charge is -2.36. The van der Waals surface area contributed by atoms with Gasteiger partial charge in [-0.3, -0.25) is 4.79 Å². The smallest absolute Gasteiger partial charge is 0.220 e. The molecule has 0 bridgehead atoms. The number of H-pyrrole nitrogens is 1. The molecule has 0 saturated carbocycles. The quantitative estimate of drug-likeness (QED) is 0.784. The number of nitrogens with zero attached hydrogens (tertiary/aromatic N) is 1. The predicted molar refractivity (Wildman–Crippen MR) is 101 cm³/mol. The van der Waals surface area contributed by atoms with Gasteiger partial charge in [0.05, 0.1) is 14.2 Å². The number of hydrogen-bond donors (Lipinski definition) is 1. The summed E-state index contributed by atoms with van der Waals surface area (Å²) in [5.74, 6) is 1.53. The molecule has 0 aliphatic carbocycles. The van der Waals surface area contributed by atoms with E-state index in [1.54, 1.807) is 21.1 Å². The van der Waals surface area contributed by atoms with E-state index in [9.17, 15) is 4.79 Å². The Kier molecular flexibility index (Phi) is 4.07. The largest absolute Gasteiger partial charge is 0.497 e. The minimum atomic E-state index is -0.228. The third-order valence-electron chi connectivity index (χ3n) is 5.17. The first kappa shape index (κ1) is 16.5. The highest BCUT2D eigenvalue weighted by Gasteiger charge is 2.35. The lowest BCUT2D eigenvalue weighted by atomic mass is 9.91. The Balaban J connectivity index is 1.97. The van der Waals surface area contributed by atoms with Gasteiger partial charge in [-0.2, -0.15) is 0 Å². The van der Waals surface area contributed by atoms with Gasteiger partial charge in [-0.25, -0.2) is 0 Å². The van der Waals surface area contributed by atoms with Gasteiger partial charge in [0.25, 0.3) is 0 Å². The molecule has 0 unspecified atom stereocenters. The Morgan fingerprint density at radius 3 is 2.69 bits per heavy atom. The molecule has 3 aromatic rings. The molecule has 134 valence electrons. The van der Waals surface area contributed by atoms with Crippen LogP contribution in [0, 0.1) is 0 Å². The van der Waals surface area contributed by atoms with Crippen LogP contribution in [0.3, 0.4) is 0 Å². The highest BCUT2D eigenvalue weighted by atomic mass is 16.5. The minimum Gasteiger partial charge on any atom is -0.497 e. The molecule has 0 radical (unpaired) electrons. The van der Waals surface area contributed by atoms with Crippen LogP contribution < -0.4 is 9.47 Å². The maximum atomic E-state index is 12.4. The average Bonchev–Trinajstić information content (AvgIpc) is 3.05. The molecule has 1 aliphatic heterocycles. The first-order valence-electron chi connectivity index (χ1n) is 8.72. The summed E-state index contributed by atoms with van der Waals surface area (Å²) in [6.07, 6.45) is 0.835. The van der Waals surface area contributed by atoms with E-state index in [-0.39, 0.29) is 11.9 Å². The molecule has 0 saturated heterocycles. The van der Waals surface area contributed by atoms with E-state index in [1.165, 1.54) is 10.9 Å². The monoisotopic (exact) mass is 350 g/mol. The van der Waals surface area contributed by atoms with Crippen molar-refractivity contribution in [2.75, 3.05) is 20.8 Å². The Hall–Kier alpha value is -2.95. The van der Waals surface area contributed by atoms with Crippen molar-refractivity contribution in [1.29, 1.82) is 0 Å². The van der Waals surface area contributed by atoms with Crippen molar-refractivity contribution in [3.8, 4) is 11.5 Å². The summed E-state index contributed by atoms with van der Waals surface area (Å²) in [7, 11) is 3.29. The number of methoxy groups -OCH3 is 2. The zero-order valence-electron chi connectivity index (χ0n) is 15.2. The van der Waals surface area contributed by atoms with Crippen LogP contribution in [-0.2, 0) is 11.2 Å². The van der Waals surface area contributed by atoms with Gasteiger partial charge >= 0.3 is 0 Å². The van der Waals surface area contributed by atoms with E-state index in [0.717, 1.165) is 34.7 Å². The number of benzene rings is 2. The Labute approximate surface area is 152 Å². The fraction of sp³-hybridized carbons (Fsp3) is 0.286. The van der Waals surface area contributed by atoms with E-state index < -0.39 is 0 Å². The lowest BCUT2D eigenvalue weighted by Crippen LogP contribution is -2.39. The summed E-state index contributed by atoms with van der Waals surface area (Å²) >= 11 is 0. The molecule has 1 amide bonds. The first-order valence-corrected chi connectivity index (χ1v) is 8.72. The molecule has 1 aliphatic rings. The summed E-state index contributed by atoms with van der Waals surface area (Å²) < 4.78 is 11.0. The second-order valence-corrected chi connectivity index (χ2v) is 6.54. The molecule has 5 nitrogen and oxygen atoms in total. The van der Waals surface area contributed by atoms with E-state index in [0.29, 0.717) is 6.54 Å². The normalized spacial score (nSPS) is 16.4. The molecule has 1 atom stereocenters. The fourth-order valence-corrected chi connectivity index (χ4v) is 3.96. The number of aromatic nitrogens is 1. The molecule has 2 heterocycles. The van der Waals surface area contributed by atoms with Gasteiger partial charge < -0.3 is 19.4 Å². The molecule has 5 heteroatoms. The van der Waals surface area contributed by atoms with Gasteiger partial charge in [-0.05, 0) is 36.2 Å². The Morgan fingerprint density at radius 1 is 1.15 bits per heavy atom. The number of nitrogens with one attached hydrogen (secondary N) is 1. The van der Waals surface area contributed by atoms with Crippen molar-refractivity contribution in [2.45, 2.75) is 19.4 Å². The molecule has 2 aromatic carbocycles. The first-order chi connectivity index (χ1) is 12.6. The van der Waals surface area contributed by atoms with Gasteiger partial charge in [0.15, 0.2) is 0 Å². The number of fused-ring (bicyclic) bond motifs is 3. The van der Waals surface area contributed by atoms with Gasteiger partial charge in [-0.15, -0.1) is 0 Å². The highest BCUT2D eigenvalue weighted by Crippen LogP contribution is 2.42. The van der Waals surface area contributed by atoms with Crippen LogP contribution in [0.2, 0.25) is 0 Å². The van der Waals surface area contributed by atoms with E-state index in [1.807, 2.05) is 29.2 Å². The maximum Gasteiger partial charge on any atom is 0.220 e. The zero-order chi connectivity index (χ0) is 18.3. The zero-order valence-corrected chi connectivity index (χ0v) is 15.2. The summed E-state index contributed by atoms with van der Waals surface area (Å²) in [6, 6.07) is 13.8. The number of rotatable bonds is 3. The summed E-state index contributed by atoms with van der Waals surface area (Å²) in [4.78, 5) is 17.8. The average molecular weight is 350 g/mol. The van der Waals surface area contributed by atoms with Crippen LogP contribution in [0.15, 0.2) is 42.5 Å². The van der Waals surface area contributed by atoms with E-state index >= 15 is 0 Å². The predicted octanol–water partition coefficient (Wildman–Crippen LogP) is 3.68. The second-order valence-electron chi connectivity index (χ2n) is 6.54. The van der Waals surface area contributed by atoms with Gasteiger partial charge in [0.2, 0.25) is 5.91 Å². The number of carbonyl (C=O) groups is 1. The van der Waals surface area contributed by atoms with Crippen molar-refractivity contribution in [2.24, 2.45) is 0 Å². The van der Waals surface area contributed by atoms with E-state index in [4.69, 9.17) is 9.47 Å². The van der Waals surface area contributed by atoms with Crippen molar-refractivity contribution in [3.05, 3.63) is 59.3 Å². The molecule has 1 aromatic heterocycles. The van der Waals surface area contributed by atoms with E-state index in [2.05, 4.69) is 23.2 Å². The van der Waals surface area contributed by atoms with Crippen molar-refractivity contribution in [3.63, 3.8) is 0 Å². The third-order valence-corrected chi connectivity index (χ3v) is 5.17. The Morgan fingerprint density at radius 2 is 1.96 bits per heavy atom. The second kappa shape index (κ2) is 6.41. The number of amides is 1. The maximum absolute atomic E-state index is 12.4. The molecule has 0 fully saturated rings. The number of hydrogen-bond acceptors (Lipinski definition) is 3. The third kappa shape index (κ3) is 2.51. The molecular formula is C21H22N2O3. The topological polar surface area (TPSA) is 54.6 Å². The molecule has 1 N–H and O–H groups in total. The standard InChI is InChI=1S/C21H22N2O3/c1-13(24)23-11-10-16-15-6-4-5-7-18(15)22-20(16)21(23)17-12-14(25-2)8-9-19(17)26-3/h4-9,12,21-22H,10-11H2,1-3H3/t21-/m0/s1. The fourth-order valence-electron chi connectivity index (χ4n) is 3.96.